The third kappa shape index (κ3) is 3.36. The Morgan fingerprint density at radius 3 is 2.73 bits per heavy atom. The lowest BCUT2D eigenvalue weighted by Gasteiger charge is -2.34. The zero-order valence-corrected chi connectivity index (χ0v) is 15.1. The number of nitrogens with zero attached hydrogens (tertiary/aromatic N) is 4. The summed E-state index contributed by atoms with van der Waals surface area (Å²) >= 11 is 1.27. The van der Waals surface area contributed by atoms with Crippen LogP contribution >= 0.6 is 11.8 Å². The van der Waals surface area contributed by atoms with E-state index in [0.29, 0.717) is 22.2 Å². The van der Waals surface area contributed by atoms with Crippen molar-refractivity contribution in [3.05, 3.63) is 53.5 Å². The first-order valence-corrected chi connectivity index (χ1v) is 8.70. The zero-order valence-electron chi connectivity index (χ0n) is 14.2. The van der Waals surface area contributed by atoms with Gasteiger partial charge in [0.05, 0.1) is 18.7 Å². The van der Waals surface area contributed by atoms with E-state index in [9.17, 15) is 9.59 Å². The van der Waals surface area contributed by atoms with E-state index >= 15 is 0 Å². The summed E-state index contributed by atoms with van der Waals surface area (Å²) < 4.78 is 6.25. The minimum atomic E-state index is -0.598. The minimum Gasteiger partial charge on any atom is -0.466 e. The smallest absolute Gasteiger partial charge is 0.338 e. The van der Waals surface area contributed by atoms with Crippen molar-refractivity contribution in [2.24, 2.45) is 0 Å². The normalized spacial score (nSPS) is 17.2. The van der Waals surface area contributed by atoms with Gasteiger partial charge in [-0.1, -0.05) is 42.1 Å². The fourth-order valence-corrected chi connectivity index (χ4v) is 3.56. The van der Waals surface area contributed by atoms with E-state index in [-0.39, 0.29) is 6.03 Å². The third-order valence-corrected chi connectivity index (χ3v) is 4.96. The predicted molar refractivity (Wildman–Crippen MR) is 95.4 cm³/mol. The number of urea groups is 1. The second-order valence-electron chi connectivity index (χ2n) is 5.51. The number of nitrogens with two attached hydrogens (primary N) is 1. The van der Waals surface area contributed by atoms with Gasteiger partial charge in [-0.3, -0.25) is 4.90 Å². The maximum absolute atomic E-state index is 12.5. The molecule has 26 heavy (non-hydrogen) atoms. The summed E-state index contributed by atoms with van der Waals surface area (Å²) in [7, 11) is 2.91. The maximum Gasteiger partial charge on any atom is 0.338 e. The highest BCUT2D eigenvalue weighted by Crippen LogP contribution is 2.33. The Kier molecular flexibility index (Phi) is 5.12. The molecule has 2 amide bonds. The highest BCUT2D eigenvalue weighted by Gasteiger charge is 2.36. The first-order chi connectivity index (χ1) is 12.5. The van der Waals surface area contributed by atoms with Crippen LogP contribution in [0.25, 0.3) is 0 Å². The number of hydrogen-bond donors (Lipinski definition) is 2. The predicted octanol–water partition coefficient (Wildman–Crippen LogP) is 0.907. The number of benzene rings is 1. The Labute approximate surface area is 154 Å². The SMILES string of the molecule is COC(=O)C1=C(CSc2nncn2N)N(C)C(=O)NC1c1ccccc1. The van der Waals surface area contributed by atoms with Gasteiger partial charge < -0.3 is 15.9 Å². The number of esters is 1. The summed E-state index contributed by atoms with van der Waals surface area (Å²) in [6.07, 6.45) is 1.38. The average Bonchev–Trinajstić information content (AvgIpc) is 3.07. The number of rotatable bonds is 5. The molecule has 0 fully saturated rings. The molecule has 136 valence electrons. The molecule has 10 heteroatoms. The van der Waals surface area contributed by atoms with Gasteiger partial charge in [-0.25, -0.2) is 14.3 Å². The van der Waals surface area contributed by atoms with Gasteiger partial charge in [0.1, 0.15) is 6.33 Å². The van der Waals surface area contributed by atoms with Crippen molar-refractivity contribution in [3.63, 3.8) is 0 Å². The number of thioether (sulfide) groups is 1. The number of ether oxygens (including phenoxy) is 1. The van der Waals surface area contributed by atoms with Crippen LogP contribution in [0.2, 0.25) is 0 Å². The summed E-state index contributed by atoms with van der Waals surface area (Å²) in [6, 6.07) is 8.35. The second kappa shape index (κ2) is 7.48. The molecule has 0 saturated heterocycles. The molecule has 0 bridgehead atoms. The second-order valence-corrected chi connectivity index (χ2v) is 6.46. The van der Waals surface area contributed by atoms with Gasteiger partial charge in [-0.05, 0) is 5.56 Å². The van der Waals surface area contributed by atoms with Crippen LogP contribution in [0.15, 0.2) is 53.1 Å². The van der Waals surface area contributed by atoms with Crippen LogP contribution < -0.4 is 11.2 Å². The first kappa shape index (κ1) is 17.8. The van der Waals surface area contributed by atoms with E-state index in [0.717, 1.165) is 5.56 Å². The molecule has 0 radical (unpaired) electrons. The Balaban J connectivity index is 2.02. The lowest BCUT2D eigenvalue weighted by atomic mass is 9.95. The molecule has 1 aromatic heterocycles. The van der Waals surface area contributed by atoms with Crippen molar-refractivity contribution in [2.75, 3.05) is 25.8 Å². The van der Waals surface area contributed by atoms with Crippen LogP contribution in [0.5, 0.6) is 0 Å². The van der Waals surface area contributed by atoms with Crippen molar-refractivity contribution in [3.8, 4) is 0 Å². The fraction of sp³-hybridized carbons (Fsp3) is 0.250. The fourth-order valence-electron chi connectivity index (χ4n) is 2.65. The molecule has 3 rings (SSSR count). The summed E-state index contributed by atoms with van der Waals surface area (Å²) in [5.41, 5.74) is 1.69. The van der Waals surface area contributed by atoms with Gasteiger partial charge in [0.2, 0.25) is 5.16 Å². The minimum absolute atomic E-state index is 0.299. The molecule has 1 aliphatic heterocycles. The van der Waals surface area contributed by atoms with Crippen molar-refractivity contribution in [1.82, 2.24) is 25.1 Å². The van der Waals surface area contributed by atoms with Crippen molar-refractivity contribution in [2.45, 2.75) is 11.2 Å². The standard InChI is InChI=1S/C16H18N6O3S/c1-21-11(8-26-16-20-18-9-22(16)17)12(14(23)25-2)13(19-15(21)24)10-6-4-3-5-7-10/h3-7,9,13H,8,17H2,1-2H3,(H,19,24). The molecule has 1 atom stereocenters. The summed E-state index contributed by atoms with van der Waals surface area (Å²) in [5, 5.41) is 10.9. The lowest BCUT2D eigenvalue weighted by Crippen LogP contribution is -2.47. The molecule has 0 aliphatic carbocycles. The molecule has 3 N–H and O–H groups in total. The number of hydrogen-bond acceptors (Lipinski definition) is 7. The van der Waals surface area contributed by atoms with Crippen LogP contribution in [0.4, 0.5) is 4.79 Å². The molecule has 0 spiro atoms. The molecule has 0 saturated carbocycles. The van der Waals surface area contributed by atoms with Crippen LogP contribution in [0.1, 0.15) is 11.6 Å². The quantitative estimate of drug-likeness (QED) is 0.454. The molecular weight excluding hydrogens is 356 g/mol. The Morgan fingerprint density at radius 2 is 2.12 bits per heavy atom. The summed E-state index contributed by atoms with van der Waals surface area (Å²) in [6.45, 7) is 0. The number of aromatic nitrogens is 3. The van der Waals surface area contributed by atoms with Crippen molar-refractivity contribution < 1.29 is 14.3 Å². The summed E-state index contributed by atoms with van der Waals surface area (Å²) in [4.78, 5) is 26.3. The Hall–Kier alpha value is -3.01. The third-order valence-electron chi connectivity index (χ3n) is 3.99. The van der Waals surface area contributed by atoms with Crippen LogP contribution in [-0.2, 0) is 9.53 Å². The van der Waals surface area contributed by atoms with Crippen molar-refractivity contribution in [1.29, 1.82) is 0 Å². The number of nitrogen functional groups attached to an aromatic ring is 1. The van der Waals surface area contributed by atoms with E-state index in [4.69, 9.17) is 10.6 Å². The molecule has 1 unspecified atom stereocenters. The van der Waals surface area contributed by atoms with E-state index in [1.165, 1.54) is 34.8 Å². The van der Waals surface area contributed by atoms with Crippen LogP contribution in [0, 0.1) is 0 Å². The molecule has 2 aromatic rings. The topological polar surface area (TPSA) is 115 Å². The molecule has 1 aliphatic rings. The monoisotopic (exact) mass is 374 g/mol. The number of carbonyl (C=O) groups excluding carboxylic acids is 2. The average molecular weight is 374 g/mol. The molecule has 9 nitrogen and oxygen atoms in total. The van der Waals surface area contributed by atoms with Gasteiger partial charge in [0.15, 0.2) is 0 Å². The van der Waals surface area contributed by atoms with E-state index in [1.807, 2.05) is 30.3 Å². The highest BCUT2D eigenvalue weighted by atomic mass is 32.2. The zero-order chi connectivity index (χ0) is 18.7. The molecular formula is C16H18N6O3S. The number of carbonyl (C=O) groups is 2. The van der Waals surface area contributed by atoms with E-state index < -0.39 is 12.0 Å². The van der Waals surface area contributed by atoms with Gasteiger partial charge in [0, 0.05) is 18.5 Å². The Morgan fingerprint density at radius 1 is 1.38 bits per heavy atom. The molecule has 1 aromatic carbocycles. The first-order valence-electron chi connectivity index (χ1n) is 7.71. The van der Waals surface area contributed by atoms with Gasteiger partial charge in [-0.2, -0.15) is 0 Å². The largest absolute Gasteiger partial charge is 0.466 e. The van der Waals surface area contributed by atoms with Gasteiger partial charge >= 0.3 is 12.0 Å². The molecule has 2 heterocycles. The van der Waals surface area contributed by atoms with Crippen LogP contribution in [-0.4, -0.2) is 51.7 Å². The number of nitrogens with one attached hydrogen (secondary N) is 1. The van der Waals surface area contributed by atoms with Crippen molar-refractivity contribution >= 4 is 23.8 Å². The Bertz CT molecular complexity index is 851. The van der Waals surface area contributed by atoms with Crippen LogP contribution in [0.3, 0.4) is 0 Å². The van der Waals surface area contributed by atoms with Gasteiger partial charge in [0.25, 0.3) is 0 Å². The van der Waals surface area contributed by atoms with E-state index in [1.54, 1.807) is 7.05 Å². The lowest BCUT2D eigenvalue weighted by molar-refractivity contribution is -0.136. The highest BCUT2D eigenvalue weighted by molar-refractivity contribution is 7.99. The van der Waals surface area contributed by atoms with E-state index in [2.05, 4.69) is 15.5 Å². The number of amides is 2. The van der Waals surface area contributed by atoms with Gasteiger partial charge in [-0.15, -0.1) is 10.2 Å². The maximum atomic E-state index is 12.5. The number of methoxy groups -OCH3 is 1. The summed E-state index contributed by atoms with van der Waals surface area (Å²) in [5.74, 6) is 5.52.